The number of aryl methyl sites for hydroxylation is 1. The molecule has 2 bridgehead atoms. The van der Waals surface area contributed by atoms with Crippen LogP contribution in [0.15, 0.2) is 36.7 Å². The summed E-state index contributed by atoms with van der Waals surface area (Å²) in [5, 5.41) is 14.3. The third-order valence-electron chi connectivity index (χ3n) is 5.01. The standard InChI is InChI=1S/C17H19N5O/c1-11-2-4-14(8-16(11)22-10-19-20-21-22)17(23)18-9-15-7-12-3-5-13(15)6-12/h2-5,8,10,12-13,15H,6-7,9H2,1H3,(H,18,23)/t12-,13-,15-/m1/s1. The first kappa shape index (κ1) is 14.1. The zero-order chi connectivity index (χ0) is 15.8. The van der Waals surface area contributed by atoms with Crippen molar-refractivity contribution in [2.24, 2.45) is 17.8 Å². The summed E-state index contributed by atoms with van der Waals surface area (Å²) < 4.78 is 1.58. The minimum absolute atomic E-state index is 0.0360. The molecule has 0 radical (unpaired) electrons. The number of carbonyl (C=O) groups excluding carboxylic acids is 1. The second kappa shape index (κ2) is 5.61. The largest absolute Gasteiger partial charge is 0.352 e. The SMILES string of the molecule is Cc1ccc(C(=O)NC[C@H]2C[C@@H]3C=C[C@@H]2C3)cc1-n1cnnn1. The predicted molar refractivity (Wildman–Crippen MR) is 85.1 cm³/mol. The Morgan fingerprint density at radius 3 is 2.96 bits per heavy atom. The van der Waals surface area contributed by atoms with Crippen LogP contribution in [0.4, 0.5) is 0 Å². The molecule has 4 rings (SSSR count). The number of rotatable bonds is 4. The molecule has 0 unspecified atom stereocenters. The number of fused-ring (bicyclic) bond motifs is 2. The molecular weight excluding hydrogens is 290 g/mol. The molecule has 1 fully saturated rings. The molecule has 0 saturated heterocycles. The minimum atomic E-state index is -0.0360. The van der Waals surface area contributed by atoms with Gasteiger partial charge in [0.25, 0.3) is 5.91 Å². The van der Waals surface area contributed by atoms with Gasteiger partial charge in [0.05, 0.1) is 5.69 Å². The van der Waals surface area contributed by atoms with Gasteiger partial charge in [-0.1, -0.05) is 18.2 Å². The zero-order valence-corrected chi connectivity index (χ0v) is 13.0. The fourth-order valence-corrected chi connectivity index (χ4v) is 3.72. The van der Waals surface area contributed by atoms with Crippen LogP contribution in [0.5, 0.6) is 0 Å². The predicted octanol–water partition coefficient (Wildman–Crippen LogP) is 1.91. The lowest BCUT2D eigenvalue weighted by atomic mass is 9.93. The van der Waals surface area contributed by atoms with E-state index in [1.165, 1.54) is 19.2 Å². The molecule has 1 heterocycles. The summed E-state index contributed by atoms with van der Waals surface area (Å²) in [4.78, 5) is 12.5. The fraction of sp³-hybridized carbons (Fsp3) is 0.412. The molecule has 118 valence electrons. The van der Waals surface area contributed by atoms with E-state index in [2.05, 4.69) is 33.0 Å². The summed E-state index contributed by atoms with van der Waals surface area (Å²) in [7, 11) is 0. The highest BCUT2D eigenvalue weighted by molar-refractivity contribution is 5.94. The lowest BCUT2D eigenvalue weighted by molar-refractivity contribution is 0.0945. The molecular formula is C17H19N5O. The van der Waals surface area contributed by atoms with Gasteiger partial charge < -0.3 is 5.32 Å². The molecule has 1 N–H and O–H groups in total. The first-order valence-electron chi connectivity index (χ1n) is 8.01. The van der Waals surface area contributed by atoms with Crippen molar-refractivity contribution in [3.8, 4) is 5.69 Å². The van der Waals surface area contributed by atoms with Gasteiger partial charge in [0.2, 0.25) is 0 Å². The molecule has 1 amide bonds. The van der Waals surface area contributed by atoms with Gasteiger partial charge in [-0.2, -0.15) is 0 Å². The lowest BCUT2D eigenvalue weighted by Gasteiger charge is -2.18. The number of tetrazole rings is 1. The van der Waals surface area contributed by atoms with Gasteiger partial charge in [-0.15, -0.1) is 5.10 Å². The van der Waals surface area contributed by atoms with Crippen molar-refractivity contribution < 1.29 is 4.79 Å². The number of hydrogen-bond donors (Lipinski definition) is 1. The van der Waals surface area contributed by atoms with Crippen LogP contribution in [-0.4, -0.2) is 32.7 Å². The number of amides is 1. The van der Waals surface area contributed by atoms with Crippen molar-refractivity contribution >= 4 is 5.91 Å². The van der Waals surface area contributed by atoms with Gasteiger partial charge in [-0.3, -0.25) is 4.79 Å². The lowest BCUT2D eigenvalue weighted by Crippen LogP contribution is -2.31. The van der Waals surface area contributed by atoms with Crippen LogP contribution in [0.1, 0.15) is 28.8 Å². The summed E-state index contributed by atoms with van der Waals surface area (Å²) in [5.74, 6) is 1.92. The molecule has 1 saturated carbocycles. The Balaban J connectivity index is 1.46. The summed E-state index contributed by atoms with van der Waals surface area (Å²) >= 11 is 0. The monoisotopic (exact) mass is 309 g/mol. The minimum Gasteiger partial charge on any atom is -0.352 e. The number of nitrogens with zero attached hydrogens (tertiary/aromatic N) is 4. The van der Waals surface area contributed by atoms with Crippen LogP contribution < -0.4 is 5.32 Å². The Morgan fingerprint density at radius 1 is 1.35 bits per heavy atom. The molecule has 3 atom stereocenters. The van der Waals surface area contributed by atoms with Gasteiger partial charge >= 0.3 is 0 Å². The van der Waals surface area contributed by atoms with E-state index in [-0.39, 0.29) is 5.91 Å². The van der Waals surface area contributed by atoms with Gasteiger partial charge in [0.15, 0.2) is 0 Å². The van der Waals surface area contributed by atoms with Gasteiger partial charge in [0.1, 0.15) is 6.33 Å². The van der Waals surface area contributed by atoms with Crippen molar-refractivity contribution in [3.05, 3.63) is 47.8 Å². The topological polar surface area (TPSA) is 72.7 Å². The Kier molecular flexibility index (Phi) is 3.44. The van der Waals surface area contributed by atoms with Crippen LogP contribution in [-0.2, 0) is 0 Å². The van der Waals surface area contributed by atoms with E-state index in [0.29, 0.717) is 17.4 Å². The van der Waals surface area contributed by atoms with Crippen molar-refractivity contribution in [2.75, 3.05) is 6.54 Å². The summed E-state index contributed by atoms with van der Waals surface area (Å²) in [6.07, 6.45) is 8.62. The Hall–Kier alpha value is -2.50. The van der Waals surface area contributed by atoms with E-state index in [1.54, 1.807) is 4.68 Å². The highest BCUT2D eigenvalue weighted by Crippen LogP contribution is 2.42. The van der Waals surface area contributed by atoms with Gasteiger partial charge in [-0.25, -0.2) is 4.68 Å². The van der Waals surface area contributed by atoms with E-state index < -0.39 is 0 Å². The molecule has 1 aromatic heterocycles. The highest BCUT2D eigenvalue weighted by atomic mass is 16.1. The zero-order valence-electron chi connectivity index (χ0n) is 13.0. The van der Waals surface area contributed by atoms with E-state index in [1.807, 2.05) is 25.1 Å². The van der Waals surface area contributed by atoms with Crippen molar-refractivity contribution in [1.82, 2.24) is 25.5 Å². The number of nitrogens with one attached hydrogen (secondary N) is 1. The van der Waals surface area contributed by atoms with E-state index >= 15 is 0 Å². The van der Waals surface area contributed by atoms with E-state index in [4.69, 9.17) is 0 Å². The second-order valence-corrected chi connectivity index (χ2v) is 6.51. The fourth-order valence-electron chi connectivity index (χ4n) is 3.72. The first-order valence-corrected chi connectivity index (χ1v) is 8.01. The number of carbonyl (C=O) groups is 1. The van der Waals surface area contributed by atoms with Crippen LogP contribution in [0.25, 0.3) is 5.69 Å². The summed E-state index contributed by atoms with van der Waals surface area (Å²) in [6, 6.07) is 5.60. The van der Waals surface area contributed by atoms with Crippen LogP contribution in [0.2, 0.25) is 0 Å². The van der Waals surface area contributed by atoms with E-state index in [0.717, 1.165) is 23.7 Å². The van der Waals surface area contributed by atoms with Crippen molar-refractivity contribution in [3.63, 3.8) is 0 Å². The maximum absolute atomic E-state index is 12.5. The molecule has 2 aliphatic rings. The van der Waals surface area contributed by atoms with E-state index in [9.17, 15) is 4.79 Å². The number of allylic oxidation sites excluding steroid dienone is 2. The Morgan fingerprint density at radius 2 is 2.26 bits per heavy atom. The average molecular weight is 309 g/mol. The highest BCUT2D eigenvalue weighted by Gasteiger charge is 2.35. The molecule has 6 heteroatoms. The maximum Gasteiger partial charge on any atom is 0.251 e. The number of hydrogen-bond acceptors (Lipinski definition) is 4. The Labute approximate surface area is 134 Å². The molecule has 1 aromatic carbocycles. The third-order valence-corrected chi connectivity index (χ3v) is 5.01. The third kappa shape index (κ3) is 2.65. The van der Waals surface area contributed by atoms with Crippen LogP contribution in [0, 0.1) is 24.7 Å². The smallest absolute Gasteiger partial charge is 0.251 e. The summed E-state index contributed by atoms with van der Waals surface area (Å²) in [5.41, 5.74) is 2.48. The summed E-state index contributed by atoms with van der Waals surface area (Å²) in [6.45, 7) is 2.72. The molecule has 2 aromatic rings. The number of aromatic nitrogens is 4. The second-order valence-electron chi connectivity index (χ2n) is 6.51. The van der Waals surface area contributed by atoms with Crippen molar-refractivity contribution in [2.45, 2.75) is 19.8 Å². The molecule has 0 spiro atoms. The Bertz CT molecular complexity index is 752. The molecule has 2 aliphatic carbocycles. The quantitative estimate of drug-likeness (QED) is 0.876. The first-order chi connectivity index (χ1) is 11.2. The molecule has 0 aliphatic heterocycles. The van der Waals surface area contributed by atoms with Crippen molar-refractivity contribution in [1.29, 1.82) is 0 Å². The van der Waals surface area contributed by atoms with Crippen LogP contribution in [0.3, 0.4) is 0 Å². The normalized spacial score (nSPS) is 25.0. The van der Waals surface area contributed by atoms with Crippen LogP contribution >= 0.6 is 0 Å². The van der Waals surface area contributed by atoms with Gasteiger partial charge in [-0.05, 0) is 65.6 Å². The molecule has 23 heavy (non-hydrogen) atoms. The average Bonchev–Trinajstić information content (AvgIpc) is 3.30. The number of benzene rings is 1. The van der Waals surface area contributed by atoms with Gasteiger partial charge in [0, 0.05) is 12.1 Å². The molecule has 6 nitrogen and oxygen atoms in total. The maximum atomic E-state index is 12.5.